The summed E-state index contributed by atoms with van der Waals surface area (Å²) < 4.78 is 6.70. The van der Waals surface area contributed by atoms with E-state index < -0.39 is 6.09 Å². The predicted molar refractivity (Wildman–Crippen MR) is 138 cm³/mol. The van der Waals surface area contributed by atoms with Crippen LogP contribution in [0.25, 0.3) is 33.4 Å². The third kappa shape index (κ3) is 4.72. The highest BCUT2D eigenvalue weighted by Gasteiger charge is 2.16. The Morgan fingerprint density at radius 1 is 1.06 bits per heavy atom. The van der Waals surface area contributed by atoms with E-state index in [9.17, 15) is 9.59 Å². The van der Waals surface area contributed by atoms with Gasteiger partial charge >= 0.3 is 6.09 Å². The fourth-order valence-corrected chi connectivity index (χ4v) is 4.09. The molecule has 0 aliphatic rings. The lowest BCUT2D eigenvalue weighted by molar-refractivity contribution is 0.167. The third-order valence-electron chi connectivity index (χ3n) is 5.78. The summed E-state index contributed by atoms with van der Waals surface area (Å²) >= 11 is 0. The van der Waals surface area contributed by atoms with Gasteiger partial charge in [-0.25, -0.2) is 9.78 Å². The molecule has 4 aromatic heterocycles. The minimum absolute atomic E-state index is 0.101. The summed E-state index contributed by atoms with van der Waals surface area (Å²) in [4.78, 5) is 41.3. The normalized spacial score (nSPS) is 10.9. The molecule has 36 heavy (non-hydrogen) atoms. The topological polar surface area (TPSA) is 115 Å². The number of rotatable bonds is 6. The highest BCUT2D eigenvalue weighted by Crippen LogP contribution is 2.33. The molecule has 1 amide bonds. The Balaban J connectivity index is 1.60. The molecule has 9 nitrogen and oxygen atoms in total. The van der Waals surface area contributed by atoms with Crippen molar-refractivity contribution in [2.75, 3.05) is 11.9 Å². The van der Waals surface area contributed by atoms with Crippen LogP contribution in [0.2, 0.25) is 0 Å². The second kappa shape index (κ2) is 9.83. The quantitative estimate of drug-likeness (QED) is 0.362. The van der Waals surface area contributed by atoms with Crippen molar-refractivity contribution in [3.8, 4) is 22.4 Å². The smallest absolute Gasteiger partial charge is 0.413 e. The molecule has 0 bridgehead atoms. The van der Waals surface area contributed by atoms with Gasteiger partial charge in [0, 0.05) is 35.9 Å². The number of nitrogens with one attached hydrogen (secondary N) is 2. The molecular weight excluding hydrogens is 456 g/mol. The summed E-state index contributed by atoms with van der Waals surface area (Å²) in [6, 6.07) is 16.9. The standard InChI is InChI=1S/C27H24N6O3/c1-3-36-27(35)32-26-30-23-14-20(13-21(25(23)31-26)22-6-4-5-9-29-22)19-12-17(2)33(24(34)15-19)16-18-7-10-28-11-8-18/h4-15H,3,16H2,1-2H3,(H2,30,31,32,35). The monoisotopic (exact) mass is 480 g/mol. The van der Waals surface area contributed by atoms with Gasteiger partial charge in [0.15, 0.2) is 0 Å². The molecule has 0 aliphatic heterocycles. The predicted octanol–water partition coefficient (Wildman–Crippen LogP) is 4.77. The first-order valence-electron chi connectivity index (χ1n) is 11.5. The number of fused-ring (bicyclic) bond motifs is 1. The molecule has 0 radical (unpaired) electrons. The Morgan fingerprint density at radius 2 is 1.86 bits per heavy atom. The second-order valence-corrected chi connectivity index (χ2v) is 8.23. The number of nitrogens with zero attached hydrogens (tertiary/aromatic N) is 4. The van der Waals surface area contributed by atoms with E-state index >= 15 is 0 Å². The first kappa shape index (κ1) is 23.0. The lowest BCUT2D eigenvalue weighted by Gasteiger charge is -2.13. The molecular formula is C27H24N6O3. The van der Waals surface area contributed by atoms with Gasteiger partial charge in [0.05, 0.1) is 29.9 Å². The van der Waals surface area contributed by atoms with Gasteiger partial charge in [-0.3, -0.25) is 20.1 Å². The molecule has 0 saturated carbocycles. The number of H-pyrrole nitrogens is 1. The Kier molecular flexibility index (Phi) is 6.27. The van der Waals surface area contributed by atoms with E-state index in [1.54, 1.807) is 36.1 Å². The van der Waals surface area contributed by atoms with Crippen molar-refractivity contribution in [1.29, 1.82) is 0 Å². The summed E-state index contributed by atoms with van der Waals surface area (Å²) in [5, 5.41) is 2.61. The molecule has 9 heteroatoms. The lowest BCUT2D eigenvalue weighted by Crippen LogP contribution is -2.22. The maximum atomic E-state index is 13.1. The van der Waals surface area contributed by atoms with Crippen LogP contribution in [-0.4, -0.2) is 37.2 Å². The van der Waals surface area contributed by atoms with Gasteiger partial charge in [0.2, 0.25) is 5.95 Å². The summed E-state index contributed by atoms with van der Waals surface area (Å²) in [6.45, 7) is 4.37. The number of pyridine rings is 3. The van der Waals surface area contributed by atoms with E-state index in [1.165, 1.54) is 0 Å². The van der Waals surface area contributed by atoms with Crippen molar-refractivity contribution < 1.29 is 9.53 Å². The molecule has 1 aromatic carbocycles. The fourth-order valence-electron chi connectivity index (χ4n) is 4.09. The average molecular weight is 481 g/mol. The van der Waals surface area contributed by atoms with Crippen LogP contribution in [0.1, 0.15) is 18.2 Å². The number of imidazole rings is 1. The third-order valence-corrected chi connectivity index (χ3v) is 5.78. The highest BCUT2D eigenvalue weighted by atomic mass is 16.5. The number of aromatic nitrogens is 5. The van der Waals surface area contributed by atoms with Gasteiger partial charge < -0.3 is 14.3 Å². The average Bonchev–Trinajstić information content (AvgIpc) is 3.29. The van der Waals surface area contributed by atoms with E-state index in [1.807, 2.05) is 55.5 Å². The largest absolute Gasteiger partial charge is 0.450 e. The molecule has 180 valence electrons. The van der Waals surface area contributed by atoms with Crippen LogP contribution >= 0.6 is 0 Å². The SMILES string of the molecule is CCOC(=O)Nc1nc2c(-c3ccccn3)cc(-c3cc(C)n(Cc4ccncc4)c(=O)c3)cc2[nH]1. The van der Waals surface area contributed by atoms with Gasteiger partial charge in [0.1, 0.15) is 0 Å². The summed E-state index contributed by atoms with van der Waals surface area (Å²) in [6.07, 6.45) is 4.55. The number of carbonyl (C=O) groups is 1. The van der Waals surface area contributed by atoms with Crippen LogP contribution in [0, 0.1) is 6.92 Å². The first-order chi connectivity index (χ1) is 17.5. The Hall–Kier alpha value is -4.79. The number of carbonyl (C=O) groups excluding carboxylic acids is 1. The number of ether oxygens (including phenoxy) is 1. The summed E-state index contributed by atoms with van der Waals surface area (Å²) in [7, 11) is 0. The number of aryl methyl sites for hydroxylation is 1. The van der Waals surface area contributed by atoms with E-state index in [0.717, 1.165) is 33.6 Å². The fraction of sp³-hybridized carbons (Fsp3) is 0.148. The molecule has 2 N–H and O–H groups in total. The molecule has 0 aliphatic carbocycles. The minimum atomic E-state index is -0.593. The van der Waals surface area contributed by atoms with E-state index in [-0.39, 0.29) is 18.1 Å². The van der Waals surface area contributed by atoms with E-state index in [4.69, 9.17) is 4.74 Å². The summed E-state index contributed by atoms with van der Waals surface area (Å²) in [5.74, 6) is 0.265. The zero-order valence-corrected chi connectivity index (χ0v) is 19.9. The van der Waals surface area contributed by atoms with Crippen LogP contribution in [0.15, 0.2) is 78.0 Å². The molecule has 0 spiro atoms. The number of hydrogen-bond donors (Lipinski definition) is 2. The highest BCUT2D eigenvalue weighted by molar-refractivity contribution is 5.97. The zero-order valence-electron chi connectivity index (χ0n) is 19.9. The van der Waals surface area contributed by atoms with Gasteiger partial charge in [-0.1, -0.05) is 6.07 Å². The van der Waals surface area contributed by atoms with Crippen LogP contribution in [0.3, 0.4) is 0 Å². The molecule has 0 atom stereocenters. The van der Waals surface area contributed by atoms with Crippen LogP contribution < -0.4 is 10.9 Å². The maximum absolute atomic E-state index is 13.1. The lowest BCUT2D eigenvalue weighted by atomic mass is 9.99. The number of aromatic amines is 1. The van der Waals surface area contributed by atoms with E-state index in [2.05, 4.69) is 25.3 Å². The second-order valence-electron chi connectivity index (χ2n) is 8.23. The number of anilines is 1. The van der Waals surface area contributed by atoms with Crippen LogP contribution in [-0.2, 0) is 11.3 Å². The van der Waals surface area contributed by atoms with Crippen molar-refractivity contribution in [2.24, 2.45) is 0 Å². The first-order valence-corrected chi connectivity index (χ1v) is 11.5. The van der Waals surface area contributed by atoms with Crippen molar-refractivity contribution >= 4 is 23.1 Å². The molecule has 0 fully saturated rings. The van der Waals surface area contributed by atoms with Crippen molar-refractivity contribution in [3.05, 3.63) is 94.8 Å². The molecule has 0 unspecified atom stereocenters. The number of hydrogen-bond acceptors (Lipinski definition) is 6. The maximum Gasteiger partial charge on any atom is 0.413 e. The molecule has 5 aromatic rings. The molecule has 4 heterocycles. The van der Waals surface area contributed by atoms with Gasteiger partial charge in [-0.15, -0.1) is 0 Å². The van der Waals surface area contributed by atoms with Gasteiger partial charge in [0.25, 0.3) is 5.56 Å². The Bertz CT molecular complexity index is 1590. The van der Waals surface area contributed by atoms with Gasteiger partial charge in [-0.05, 0) is 73.0 Å². The number of amides is 1. The van der Waals surface area contributed by atoms with Crippen molar-refractivity contribution in [1.82, 2.24) is 24.5 Å². The van der Waals surface area contributed by atoms with E-state index in [0.29, 0.717) is 17.6 Å². The number of benzene rings is 1. The van der Waals surface area contributed by atoms with Crippen LogP contribution in [0.4, 0.5) is 10.7 Å². The van der Waals surface area contributed by atoms with Gasteiger partial charge in [-0.2, -0.15) is 0 Å². The molecule has 0 saturated heterocycles. The zero-order chi connectivity index (χ0) is 25.1. The van der Waals surface area contributed by atoms with Crippen molar-refractivity contribution in [2.45, 2.75) is 20.4 Å². The molecule has 5 rings (SSSR count). The van der Waals surface area contributed by atoms with Crippen molar-refractivity contribution in [3.63, 3.8) is 0 Å². The Morgan fingerprint density at radius 3 is 2.58 bits per heavy atom. The Labute approximate surface area is 206 Å². The minimum Gasteiger partial charge on any atom is -0.450 e. The summed E-state index contributed by atoms with van der Waals surface area (Å²) in [5.41, 5.74) is 6.17. The van der Waals surface area contributed by atoms with Crippen LogP contribution in [0.5, 0.6) is 0 Å².